The van der Waals surface area contributed by atoms with Crippen LogP contribution in [0.2, 0.25) is 0 Å². The summed E-state index contributed by atoms with van der Waals surface area (Å²) in [5.74, 6) is 1.26. The lowest BCUT2D eigenvalue weighted by Crippen LogP contribution is -2.33. The van der Waals surface area contributed by atoms with E-state index in [9.17, 15) is 0 Å². The Labute approximate surface area is 106 Å². The monoisotopic (exact) mass is 244 g/mol. The van der Waals surface area contributed by atoms with Crippen LogP contribution >= 0.6 is 11.8 Å². The van der Waals surface area contributed by atoms with E-state index in [0.717, 1.165) is 6.04 Å². The summed E-state index contributed by atoms with van der Waals surface area (Å²) in [6.07, 6.45) is 10.6. The fourth-order valence-electron chi connectivity index (χ4n) is 2.32. The highest BCUT2D eigenvalue weighted by Crippen LogP contribution is 2.17. The van der Waals surface area contributed by atoms with Gasteiger partial charge >= 0.3 is 0 Å². The molecule has 1 aliphatic rings. The van der Waals surface area contributed by atoms with E-state index in [0.29, 0.717) is 0 Å². The minimum absolute atomic E-state index is 0.824. The summed E-state index contributed by atoms with van der Waals surface area (Å²) in [5, 5.41) is 3.70. The molecule has 0 amide bonds. The molecule has 0 atom stereocenters. The SMILES string of the molecule is CSCCN(C)CCCNC1CCCCC1. The van der Waals surface area contributed by atoms with Crippen molar-refractivity contribution in [3.63, 3.8) is 0 Å². The van der Waals surface area contributed by atoms with Crippen molar-refractivity contribution in [1.29, 1.82) is 0 Å². The zero-order valence-corrected chi connectivity index (χ0v) is 11.8. The smallest absolute Gasteiger partial charge is 0.00692 e. The third kappa shape index (κ3) is 6.77. The van der Waals surface area contributed by atoms with Crippen molar-refractivity contribution in [3.8, 4) is 0 Å². The molecule has 3 heteroatoms. The molecule has 0 aromatic rings. The largest absolute Gasteiger partial charge is 0.314 e. The van der Waals surface area contributed by atoms with Crippen LogP contribution < -0.4 is 5.32 Å². The zero-order chi connectivity index (χ0) is 11.6. The van der Waals surface area contributed by atoms with E-state index in [1.807, 2.05) is 11.8 Å². The number of hydrogen-bond donors (Lipinski definition) is 1. The first-order valence-corrected chi connectivity index (χ1v) is 8.13. The molecule has 0 spiro atoms. The van der Waals surface area contributed by atoms with Gasteiger partial charge in [0.1, 0.15) is 0 Å². The fraction of sp³-hybridized carbons (Fsp3) is 1.00. The Morgan fingerprint density at radius 2 is 1.94 bits per heavy atom. The summed E-state index contributed by atoms with van der Waals surface area (Å²) >= 11 is 1.93. The van der Waals surface area contributed by atoms with Crippen LogP contribution in [0.4, 0.5) is 0 Å². The lowest BCUT2D eigenvalue weighted by molar-refractivity contribution is 0.327. The molecular weight excluding hydrogens is 216 g/mol. The molecule has 0 aromatic carbocycles. The Balaban J connectivity index is 1.90. The van der Waals surface area contributed by atoms with Crippen molar-refractivity contribution in [1.82, 2.24) is 10.2 Å². The average Bonchev–Trinajstić information content (AvgIpc) is 2.33. The number of nitrogens with one attached hydrogen (secondary N) is 1. The Morgan fingerprint density at radius 1 is 1.19 bits per heavy atom. The molecule has 0 saturated heterocycles. The zero-order valence-electron chi connectivity index (χ0n) is 11.0. The van der Waals surface area contributed by atoms with Gasteiger partial charge in [-0.2, -0.15) is 11.8 Å². The number of hydrogen-bond acceptors (Lipinski definition) is 3. The molecule has 1 N–H and O–H groups in total. The van der Waals surface area contributed by atoms with E-state index in [1.165, 1.54) is 63.9 Å². The standard InChI is InChI=1S/C13H28N2S/c1-15(11-12-16-2)10-6-9-14-13-7-4-3-5-8-13/h13-14H,3-12H2,1-2H3. The van der Waals surface area contributed by atoms with Crippen molar-refractivity contribution in [2.75, 3.05) is 38.7 Å². The van der Waals surface area contributed by atoms with Crippen LogP contribution in [0.15, 0.2) is 0 Å². The van der Waals surface area contributed by atoms with E-state index in [4.69, 9.17) is 0 Å². The first kappa shape index (κ1) is 14.3. The topological polar surface area (TPSA) is 15.3 Å². The number of rotatable bonds is 8. The Hall–Kier alpha value is 0.270. The molecule has 0 bridgehead atoms. The van der Waals surface area contributed by atoms with Crippen molar-refractivity contribution in [3.05, 3.63) is 0 Å². The van der Waals surface area contributed by atoms with Crippen molar-refractivity contribution in [2.24, 2.45) is 0 Å². The minimum Gasteiger partial charge on any atom is -0.314 e. The van der Waals surface area contributed by atoms with Gasteiger partial charge in [0.05, 0.1) is 0 Å². The van der Waals surface area contributed by atoms with Crippen molar-refractivity contribution in [2.45, 2.75) is 44.6 Å². The third-order valence-corrected chi connectivity index (χ3v) is 4.02. The molecule has 1 saturated carbocycles. The summed E-state index contributed by atoms with van der Waals surface area (Å²) in [6, 6.07) is 0.824. The molecule has 0 aromatic heterocycles. The van der Waals surface area contributed by atoms with Crippen molar-refractivity contribution < 1.29 is 0 Å². The van der Waals surface area contributed by atoms with E-state index in [-0.39, 0.29) is 0 Å². The second-order valence-corrected chi connectivity index (χ2v) is 5.92. The fourth-order valence-corrected chi connectivity index (χ4v) is 2.82. The van der Waals surface area contributed by atoms with E-state index in [1.54, 1.807) is 0 Å². The molecule has 0 unspecified atom stereocenters. The maximum atomic E-state index is 3.70. The molecule has 1 aliphatic carbocycles. The lowest BCUT2D eigenvalue weighted by atomic mass is 9.95. The summed E-state index contributed by atoms with van der Waals surface area (Å²) in [7, 11) is 2.23. The summed E-state index contributed by atoms with van der Waals surface area (Å²) in [4.78, 5) is 2.44. The van der Waals surface area contributed by atoms with Gasteiger partial charge in [-0.1, -0.05) is 19.3 Å². The van der Waals surface area contributed by atoms with Crippen LogP contribution in [0.1, 0.15) is 38.5 Å². The van der Waals surface area contributed by atoms with Gasteiger partial charge in [0.15, 0.2) is 0 Å². The van der Waals surface area contributed by atoms with Crippen LogP contribution in [-0.2, 0) is 0 Å². The van der Waals surface area contributed by atoms with E-state index < -0.39 is 0 Å². The molecule has 0 radical (unpaired) electrons. The lowest BCUT2D eigenvalue weighted by Gasteiger charge is -2.23. The van der Waals surface area contributed by atoms with E-state index >= 15 is 0 Å². The van der Waals surface area contributed by atoms with Crippen LogP contribution in [0, 0.1) is 0 Å². The maximum Gasteiger partial charge on any atom is 0.00692 e. The summed E-state index contributed by atoms with van der Waals surface area (Å²) in [6.45, 7) is 3.67. The van der Waals surface area contributed by atoms with Gasteiger partial charge in [-0.25, -0.2) is 0 Å². The van der Waals surface area contributed by atoms with Gasteiger partial charge < -0.3 is 10.2 Å². The highest BCUT2D eigenvalue weighted by atomic mass is 32.2. The molecule has 1 rings (SSSR count). The molecule has 0 aliphatic heterocycles. The molecule has 2 nitrogen and oxygen atoms in total. The quantitative estimate of drug-likeness (QED) is 0.661. The highest BCUT2D eigenvalue weighted by Gasteiger charge is 2.11. The van der Waals surface area contributed by atoms with Gasteiger partial charge in [-0.15, -0.1) is 0 Å². The maximum absolute atomic E-state index is 3.70. The molecule has 1 fully saturated rings. The number of thioether (sulfide) groups is 1. The first-order chi connectivity index (χ1) is 7.83. The van der Waals surface area contributed by atoms with Gasteiger partial charge in [-0.3, -0.25) is 0 Å². The minimum atomic E-state index is 0.824. The van der Waals surface area contributed by atoms with Gasteiger partial charge in [0.25, 0.3) is 0 Å². The molecular formula is C13H28N2S. The summed E-state index contributed by atoms with van der Waals surface area (Å²) < 4.78 is 0. The molecule has 16 heavy (non-hydrogen) atoms. The molecule has 96 valence electrons. The Kier molecular flexibility index (Phi) is 8.34. The highest BCUT2D eigenvalue weighted by molar-refractivity contribution is 7.98. The normalized spacial score (nSPS) is 18.2. The van der Waals surface area contributed by atoms with Crippen LogP contribution in [-0.4, -0.2) is 49.6 Å². The van der Waals surface area contributed by atoms with E-state index in [2.05, 4.69) is 23.5 Å². The Morgan fingerprint density at radius 3 is 2.62 bits per heavy atom. The van der Waals surface area contributed by atoms with Gasteiger partial charge in [0.2, 0.25) is 0 Å². The predicted molar refractivity (Wildman–Crippen MR) is 75.4 cm³/mol. The summed E-state index contributed by atoms with van der Waals surface area (Å²) in [5.41, 5.74) is 0. The second kappa shape index (κ2) is 9.32. The average molecular weight is 244 g/mol. The third-order valence-electron chi connectivity index (χ3n) is 3.43. The van der Waals surface area contributed by atoms with Gasteiger partial charge in [-0.05, 0) is 45.7 Å². The van der Waals surface area contributed by atoms with Crippen LogP contribution in [0.3, 0.4) is 0 Å². The Bertz CT molecular complexity index is 158. The van der Waals surface area contributed by atoms with Crippen LogP contribution in [0.5, 0.6) is 0 Å². The van der Waals surface area contributed by atoms with Crippen LogP contribution in [0.25, 0.3) is 0 Å². The number of nitrogens with zero attached hydrogens (tertiary/aromatic N) is 1. The molecule has 0 heterocycles. The first-order valence-electron chi connectivity index (χ1n) is 6.74. The predicted octanol–water partition coefficient (Wildman–Crippen LogP) is 2.59. The second-order valence-electron chi connectivity index (χ2n) is 4.94. The van der Waals surface area contributed by atoms with Gasteiger partial charge in [0, 0.05) is 18.3 Å². The van der Waals surface area contributed by atoms with Crippen molar-refractivity contribution >= 4 is 11.8 Å².